The first-order valence-corrected chi connectivity index (χ1v) is 10.2. The second kappa shape index (κ2) is 7.72. The zero-order valence-corrected chi connectivity index (χ0v) is 17.0. The summed E-state index contributed by atoms with van der Waals surface area (Å²) in [5.74, 6) is -0.0811. The predicted molar refractivity (Wildman–Crippen MR) is 101 cm³/mol. The van der Waals surface area contributed by atoms with Gasteiger partial charge in [-0.2, -0.15) is 0 Å². The summed E-state index contributed by atoms with van der Waals surface area (Å²) in [4.78, 5) is 16.7. The summed E-state index contributed by atoms with van der Waals surface area (Å²) < 4.78 is 38.0. The van der Waals surface area contributed by atoms with Crippen LogP contribution in [0.4, 0.5) is 0 Å². The van der Waals surface area contributed by atoms with E-state index in [-0.39, 0.29) is 17.3 Å². The van der Waals surface area contributed by atoms with E-state index in [0.717, 1.165) is 16.2 Å². The van der Waals surface area contributed by atoms with Crippen LogP contribution in [0.1, 0.15) is 35.4 Å². The van der Waals surface area contributed by atoms with Gasteiger partial charge in [0.15, 0.2) is 0 Å². The van der Waals surface area contributed by atoms with Gasteiger partial charge < -0.3 is 13.8 Å². The summed E-state index contributed by atoms with van der Waals surface area (Å²) in [5.41, 5.74) is 1.89. The van der Waals surface area contributed by atoms with E-state index >= 15 is 0 Å². The SMILES string of the molecule is CCCn1c(COC(=O)c2cc(C)no2)nc2cc(S(=O)(=O)N(C)C)ccc21. The number of ether oxygens (including phenoxy) is 1. The van der Waals surface area contributed by atoms with E-state index in [0.29, 0.717) is 23.6 Å². The van der Waals surface area contributed by atoms with Crippen LogP contribution in [0, 0.1) is 6.92 Å². The van der Waals surface area contributed by atoms with Crippen LogP contribution in [0.25, 0.3) is 11.0 Å². The monoisotopic (exact) mass is 406 g/mol. The predicted octanol–water partition coefficient (Wildman–Crippen LogP) is 2.35. The minimum atomic E-state index is -3.56. The zero-order chi connectivity index (χ0) is 20.5. The maximum absolute atomic E-state index is 12.4. The number of imidazole rings is 1. The van der Waals surface area contributed by atoms with Gasteiger partial charge in [0.05, 0.1) is 21.6 Å². The number of esters is 1. The standard InChI is InChI=1S/C18H22N4O5S/c1-5-8-22-15-7-6-13(28(24,25)21(3)4)10-14(15)19-17(22)11-26-18(23)16-9-12(2)20-27-16/h6-7,9-10H,5,8,11H2,1-4H3. The number of hydrogen-bond donors (Lipinski definition) is 0. The average Bonchev–Trinajstić information content (AvgIpc) is 3.23. The Balaban J connectivity index is 1.92. The number of benzene rings is 1. The summed E-state index contributed by atoms with van der Waals surface area (Å²) >= 11 is 0. The molecule has 10 heteroatoms. The van der Waals surface area contributed by atoms with Crippen molar-refractivity contribution in [3.63, 3.8) is 0 Å². The van der Waals surface area contributed by atoms with E-state index in [1.807, 2.05) is 11.5 Å². The number of nitrogens with zero attached hydrogens (tertiary/aromatic N) is 4. The van der Waals surface area contributed by atoms with Gasteiger partial charge in [-0.1, -0.05) is 12.1 Å². The van der Waals surface area contributed by atoms with Gasteiger partial charge in [-0.05, 0) is 31.5 Å². The molecule has 0 radical (unpaired) electrons. The summed E-state index contributed by atoms with van der Waals surface area (Å²) in [7, 11) is -0.609. The lowest BCUT2D eigenvalue weighted by Gasteiger charge is -2.11. The lowest BCUT2D eigenvalue weighted by Crippen LogP contribution is -2.22. The Labute approximate surface area is 162 Å². The fourth-order valence-electron chi connectivity index (χ4n) is 2.78. The van der Waals surface area contributed by atoms with Gasteiger partial charge >= 0.3 is 5.97 Å². The molecule has 1 aromatic carbocycles. The van der Waals surface area contributed by atoms with Crippen LogP contribution in [0.15, 0.2) is 33.7 Å². The zero-order valence-electron chi connectivity index (χ0n) is 16.2. The minimum absolute atomic E-state index is 0.0232. The van der Waals surface area contributed by atoms with Crippen LogP contribution < -0.4 is 0 Å². The first-order valence-electron chi connectivity index (χ1n) is 8.76. The fourth-order valence-corrected chi connectivity index (χ4v) is 3.70. The quantitative estimate of drug-likeness (QED) is 0.554. The molecule has 0 fully saturated rings. The Morgan fingerprint density at radius 3 is 2.64 bits per heavy atom. The number of fused-ring (bicyclic) bond motifs is 1. The summed E-state index contributed by atoms with van der Waals surface area (Å²) in [6.07, 6.45) is 0.839. The highest BCUT2D eigenvalue weighted by Crippen LogP contribution is 2.23. The number of carbonyl (C=O) groups is 1. The Kier molecular flexibility index (Phi) is 5.52. The fraction of sp³-hybridized carbons (Fsp3) is 0.389. The minimum Gasteiger partial charge on any atom is -0.452 e. The van der Waals surface area contributed by atoms with Crippen LogP contribution >= 0.6 is 0 Å². The highest BCUT2D eigenvalue weighted by molar-refractivity contribution is 7.89. The molecule has 150 valence electrons. The van der Waals surface area contributed by atoms with Gasteiger partial charge in [-0.25, -0.2) is 22.5 Å². The third-order valence-corrected chi connectivity index (χ3v) is 6.00. The molecule has 3 rings (SSSR count). The average molecular weight is 406 g/mol. The molecule has 2 aromatic heterocycles. The van der Waals surface area contributed by atoms with Crippen molar-refractivity contribution in [3.05, 3.63) is 41.5 Å². The molecule has 0 bridgehead atoms. The van der Waals surface area contributed by atoms with Crippen LogP contribution in [0.5, 0.6) is 0 Å². The first kappa shape index (κ1) is 20.0. The maximum Gasteiger partial charge on any atom is 0.377 e. The molecule has 0 saturated heterocycles. The van der Waals surface area contributed by atoms with Crippen LogP contribution in [0.3, 0.4) is 0 Å². The van der Waals surface area contributed by atoms with E-state index in [1.165, 1.54) is 26.2 Å². The Hall–Kier alpha value is -2.72. The highest BCUT2D eigenvalue weighted by Gasteiger charge is 2.21. The number of aromatic nitrogens is 3. The van der Waals surface area contributed by atoms with Crippen LogP contribution in [-0.4, -0.2) is 47.5 Å². The molecule has 0 unspecified atom stereocenters. The van der Waals surface area contributed by atoms with Gasteiger partial charge in [0.2, 0.25) is 15.8 Å². The van der Waals surface area contributed by atoms with Gasteiger partial charge in [-0.3, -0.25) is 0 Å². The third kappa shape index (κ3) is 3.78. The maximum atomic E-state index is 12.4. The number of aryl methyl sites for hydroxylation is 2. The van der Waals surface area contributed by atoms with Crippen molar-refractivity contribution in [1.29, 1.82) is 0 Å². The van der Waals surface area contributed by atoms with E-state index in [2.05, 4.69) is 10.1 Å². The molecule has 0 atom stereocenters. The lowest BCUT2D eigenvalue weighted by molar-refractivity contribution is 0.0411. The smallest absolute Gasteiger partial charge is 0.377 e. The van der Waals surface area contributed by atoms with Gasteiger partial charge in [-0.15, -0.1) is 0 Å². The number of sulfonamides is 1. The van der Waals surface area contributed by atoms with Crippen LogP contribution in [0.2, 0.25) is 0 Å². The summed E-state index contributed by atoms with van der Waals surface area (Å²) in [6.45, 7) is 4.32. The molecule has 0 spiro atoms. The van der Waals surface area contributed by atoms with Crippen molar-refractivity contribution in [2.45, 2.75) is 38.3 Å². The topological polar surface area (TPSA) is 108 Å². The highest BCUT2D eigenvalue weighted by atomic mass is 32.2. The third-order valence-electron chi connectivity index (χ3n) is 4.19. The number of rotatable bonds is 7. The van der Waals surface area contributed by atoms with Crippen LogP contribution in [-0.2, 0) is 27.9 Å². The Bertz CT molecular complexity index is 1110. The molecular weight excluding hydrogens is 384 g/mol. The van der Waals surface area contributed by atoms with E-state index in [4.69, 9.17) is 9.26 Å². The normalized spacial score (nSPS) is 12.0. The largest absolute Gasteiger partial charge is 0.452 e. The van der Waals surface area contributed by atoms with Crippen molar-refractivity contribution in [3.8, 4) is 0 Å². The molecule has 28 heavy (non-hydrogen) atoms. The molecule has 9 nitrogen and oxygen atoms in total. The molecule has 2 heterocycles. The Morgan fingerprint density at radius 2 is 2.04 bits per heavy atom. The van der Waals surface area contributed by atoms with Crippen molar-refractivity contribution in [2.75, 3.05) is 14.1 Å². The van der Waals surface area contributed by atoms with E-state index < -0.39 is 16.0 Å². The van der Waals surface area contributed by atoms with Gasteiger partial charge in [0, 0.05) is 26.7 Å². The number of hydrogen-bond acceptors (Lipinski definition) is 7. The second-order valence-electron chi connectivity index (χ2n) is 6.53. The van der Waals surface area contributed by atoms with E-state index in [1.54, 1.807) is 19.1 Å². The van der Waals surface area contributed by atoms with Gasteiger partial charge in [0.25, 0.3) is 0 Å². The molecule has 0 aliphatic rings. The molecule has 3 aromatic rings. The van der Waals surface area contributed by atoms with Crippen molar-refractivity contribution >= 4 is 27.0 Å². The molecule has 0 amide bonds. The van der Waals surface area contributed by atoms with Crippen molar-refractivity contribution < 1.29 is 22.5 Å². The first-order chi connectivity index (χ1) is 13.2. The van der Waals surface area contributed by atoms with Crippen molar-refractivity contribution in [1.82, 2.24) is 19.0 Å². The molecule has 0 aliphatic carbocycles. The Morgan fingerprint density at radius 1 is 1.29 bits per heavy atom. The van der Waals surface area contributed by atoms with Crippen molar-refractivity contribution in [2.24, 2.45) is 0 Å². The molecule has 0 saturated carbocycles. The van der Waals surface area contributed by atoms with E-state index in [9.17, 15) is 13.2 Å². The summed E-state index contributed by atoms with van der Waals surface area (Å²) in [5, 5.41) is 3.66. The molecular formula is C18H22N4O5S. The second-order valence-corrected chi connectivity index (χ2v) is 8.68. The summed E-state index contributed by atoms with van der Waals surface area (Å²) in [6, 6.07) is 6.30. The lowest BCUT2D eigenvalue weighted by atomic mass is 10.3. The number of carbonyl (C=O) groups excluding carboxylic acids is 1. The molecule has 0 N–H and O–H groups in total. The van der Waals surface area contributed by atoms with Gasteiger partial charge in [0.1, 0.15) is 12.4 Å². The molecule has 0 aliphatic heterocycles.